The van der Waals surface area contributed by atoms with Crippen molar-refractivity contribution in [3.63, 3.8) is 0 Å². The van der Waals surface area contributed by atoms with E-state index in [2.05, 4.69) is 22.1 Å². The lowest BCUT2D eigenvalue weighted by molar-refractivity contribution is -0.138. The van der Waals surface area contributed by atoms with Crippen molar-refractivity contribution in [2.75, 3.05) is 6.61 Å². The molecular formula is C23H32Cl2N6O3. The Hall–Kier alpha value is -3.01. The number of carbonyl (C=O) groups is 1. The minimum atomic E-state index is -0.855. The van der Waals surface area contributed by atoms with Gasteiger partial charge in [-0.2, -0.15) is 0 Å². The maximum absolute atomic E-state index is 10.8. The van der Waals surface area contributed by atoms with E-state index in [1.54, 1.807) is 0 Å². The molecule has 0 aromatic heterocycles. The smallest absolute Gasteiger partial charge is 0.305 e. The molecule has 0 saturated heterocycles. The number of ether oxygens (including phenoxy) is 1. The fraction of sp³-hybridized carbons (Fsp3) is 0.348. The van der Waals surface area contributed by atoms with Crippen LogP contribution in [0.4, 0.5) is 11.4 Å². The molecule has 9 N–H and O–H groups in total. The molecule has 0 unspecified atom stereocenters. The van der Waals surface area contributed by atoms with Gasteiger partial charge < -0.3 is 32.8 Å². The molecule has 11 heteroatoms. The number of aliphatic imine (C=N–C) groups is 2. The summed E-state index contributed by atoms with van der Waals surface area (Å²) in [6, 6.07) is 15.8. The number of guanidine groups is 2. The van der Waals surface area contributed by atoms with Gasteiger partial charge in [-0.15, -0.1) is 24.8 Å². The third kappa shape index (κ3) is 8.40. The van der Waals surface area contributed by atoms with Crippen LogP contribution in [0.15, 0.2) is 58.5 Å². The van der Waals surface area contributed by atoms with Crippen molar-refractivity contribution in [3.05, 3.63) is 59.7 Å². The Kier molecular flexibility index (Phi) is 11.6. The second-order valence-electron chi connectivity index (χ2n) is 7.92. The summed E-state index contributed by atoms with van der Waals surface area (Å²) < 4.78 is 5.89. The van der Waals surface area contributed by atoms with Crippen LogP contribution in [-0.4, -0.2) is 35.7 Å². The first kappa shape index (κ1) is 29.0. The second kappa shape index (κ2) is 13.6. The third-order valence-corrected chi connectivity index (χ3v) is 5.63. The number of rotatable bonds is 8. The van der Waals surface area contributed by atoms with Gasteiger partial charge in [0.1, 0.15) is 0 Å². The lowest BCUT2D eigenvalue weighted by Gasteiger charge is -2.37. The van der Waals surface area contributed by atoms with Crippen molar-refractivity contribution < 1.29 is 14.6 Å². The number of nitrogens with zero attached hydrogens (tertiary/aromatic N) is 2. The minimum Gasteiger partial charge on any atom is -0.481 e. The molecule has 1 aliphatic carbocycles. The largest absolute Gasteiger partial charge is 0.481 e. The first-order chi connectivity index (χ1) is 15.3. The number of benzene rings is 2. The molecule has 34 heavy (non-hydrogen) atoms. The summed E-state index contributed by atoms with van der Waals surface area (Å²) in [5.74, 6) is -0.347. The summed E-state index contributed by atoms with van der Waals surface area (Å²) >= 11 is 0. The Bertz CT molecular complexity index is 975. The zero-order chi connectivity index (χ0) is 23.1. The Morgan fingerprint density at radius 2 is 1.29 bits per heavy atom. The van der Waals surface area contributed by atoms with Crippen LogP contribution >= 0.6 is 24.8 Å². The molecule has 0 amide bonds. The molecule has 2 aromatic rings. The summed E-state index contributed by atoms with van der Waals surface area (Å²) in [5.41, 5.74) is 25.6. The summed E-state index contributed by atoms with van der Waals surface area (Å²) in [6.45, 7) is 0.216. The van der Waals surface area contributed by atoms with Gasteiger partial charge >= 0.3 is 5.97 Å². The third-order valence-electron chi connectivity index (χ3n) is 5.63. The van der Waals surface area contributed by atoms with Crippen LogP contribution in [-0.2, 0) is 9.53 Å². The molecule has 0 spiro atoms. The number of carboxylic acids is 1. The van der Waals surface area contributed by atoms with Crippen molar-refractivity contribution in [1.82, 2.24) is 0 Å². The number of aliphatic carboxylic acids is 1. The molecule has 9 nitrogen and oxygen atoms in total. The molecule has 1 fully saturated rings. The summed E-state index contributed by atoms with van der Waals surface area (Å²) in [5, 5.41) is 8.90. The van der Waals surface area contributed by atoms with Gasteiger partial charge in [0.05, 0.1) is 30.5 Å². The summed E-state index contributed by atoms with van der Waals surface area (Å²) in [4.78, 5) is 19.0. The van der Waals surface area contributed by atoms with Crippen molar-refractivity contribution in [2.24, 2.45) is 32.9 Å². The van der Waals surface area contributed by atoms with Gasteiger partial charge in [-0.3, -0.25) is 4.79 Å². The highest BCUT2D eigenvalue weighted by Gasteiger charge is 2.33. The van der Waals surface area contributed by atoms with Crippen LogP contribution in [0.2, 0.25) is 0 Å². The minimum absolute atomic E-state index is 0. The van der Waals surface area contributed by atoms with Crippen molar-refractivity contribution in [3.8, 4) is 0 Å². The monoisotopic (exact) mass is 510 g/mol. The van der Waals surface area contributed by atoms with E-state index in [1.165, 1.54) is 5.56 Å². The first-order valence-electron chi connectivity index (χ1n) is 10.5. The molecule has 0 radical (unpaired) electrons. The predicted octanol–water partition coefficient (Wildman–Crippen LogP) is 3.25. The van der Waals surface area contributed by atoms with E-state index in [9.17, 15) is 4.79 Å². The maximum atomic E-state index is 10.8. The van der Waals surface area contributed by atoms with E-state index in [1.807, 2.05) is 36.4 Å². The van der Waals surface area contributed by atoms with Gasteiger partial charge in [-0.05, 0) is 66.5 Å². The molecular weight excluding hydrogens is 479 g/mol. The number of hydrogen-bond acceptors (Lipinski definition) is 4. The lowest BCUT2D eigenvalue weighted by Crippen LogP contribution is -2.28. The summed E-state index contributed by atoms with van der Waals surface area (Å²) in [7, 11) is 0. The Morgan fingerprint density at radius 3 is 1.74 bits per heavy atom. The SMILES string of the molecule is Cl.Cl.NC(N)=Nc1ccc([C@@H]2CC[C@@H](OCCC(=O)O)C[C@H]2c2ccc(N=C(N)N)cc2)cc1. The zero-order valence-electron chi connectivity index (χ0n) is 18.7. The molecule has 1 aliphatic rings. The van der Waals surface area contributed by atoms with E-state index in [-0.39, 0.29) is 67.7 Å². The lowest BCUT2D eigenvalue weighted by atomic mass is 9.71. The number of halogens is 2. The van der Waals surface area contributed by atoms with E-state index < -0.39 is 5.97 Å². The second-order valence-corrected chi connectivity index (χ2v) is 7.92. The van der Waals surface area contributed by atoms with Crippen LogP contribution in [0.25, 0.3) is 0 Å². The van der Waals surface area contributed by atoms with Crippen molar-refractivity contribution in [1.29, 1.82) is 0 Å². The average molecular weight is 511 g/mol. The highest BCUT2D eigenvalue weighted by Crippen LogP contribution is 2.45. The Labute approximate surface area is 211 Å². The quantitative estimate of drug-likeness (QED) is 0.267. The summed E-state index contributed by atoms with van der Waals surface area (Å²) in [6.07, 6.45) is 2.59. The first-order valence-corrected chi connectivity index (χ1v) is 10.5. The molecule has 0 bridgehead atoms. The fourth-order valence-corrected chi connectivity index (χ4v) is 4.25. The van der Waals surface area contributed by atoms with E-state index >= 15 is 0 Å². The van der Waals surface area contributed by atoms with Crippen LogP contribution < -0.4 is 22.9 Å². The van der Waals surface area contributed by atoms with Crippen LogP contribution in [0.3, 0.4) is 0 Å². The number of carboxylic acid groups (broad SMARTS) is 1. The number of nitrogens with two attached hydrogens (primary N) is 4. The van der Waals surface area contributed by atoms with Gasteiger partial charge in [-0.1, -0.05) is 24.3 Å². The van der Waals surface area contributed by atoms with E-state index in [0.717, 1.165) is 24.8 Å². The van der Waals surface area contributed by atoms with Gasteiger partial charge in [0.25, 0.3) is 0 Å². The van der Waals surface area contributed by atoms with Gasteiger partial charge in [0.2, 0.25) is 0 Å². The highest BCUT2D eigenvalue weighted by molar-refractivity contribution is 5.85. The van der Waals surface area contributed by atoms with Crippen molar-refractivity contribution >= 4 is 54.1 Å². The molecule has 0 heterocycles. The molecule has 2 aromatic carbocycles. The molecule has 0 aliphatic heterocycles. The fourth-order valence-electron chi connectivity index (χ4n) is 4.25. The maximum Gasteiger partial charge on any atom is 0.305 e. The van der Waals surface area contributed by atoms with Crippen LogP contribution in [0.5, 0.6) is 0 Å². The standard InChI is InChI=1S/C23H30N6O3.2ClH/c24-22(25)28-16-5-1-14(2-6-16)19-10-9-18(32-12-11-21(30)31)13-20(19)15-3-7-17(8-4-15)29-23(26)27;;/h1-8,18-20H,9-13H2,(H,30,31)(H4,24,25,28)(H4,26,27,29);2*1H/t18-,19+,20+;;/m1../s1. The van der Waals surface area contributed by atoms with Gasteiger partial charge in [-0.25, -0.2) is 9.98 Å². The predicted molar refractivity (Wildman–Crippen MR) is 140 cm³/mol. The highest BCUT2D eigenvalue weighted by atomic mass is 35.5. The van der Waals surface area contributed by atoms with Crippen LogP contribution in [0.1, 0.15) is 48.6 Å². The normalized spacial score (nSPS) is 19.1. The molecule has 186 valence electrons. The topological polar surface area (TPSA) is 175 Å². The molecule has 1 saturated carbocycles. The molecule has 3 rings (SSSR count). The average Bonchev–Trinajstić information content (AvgIpc) is 2.74. The van der Waals surface area contributed by atoms with Gasteiger partial charge in [0.15, 0.2) is 11.9 Å². The zero-order valence-corrected chi connectivity index (χ0v) is 20.3. The van der Waals surface area contributed by atoms with Crippen molar-refractivity contribution in [2.45, 2.75) is 43.6 Å². The van der Waals surface area contributed by atoms with E-state index in [0.29, 0.717) is 11.4 Å². The molecule has 3 atom stereocenters. The van der Waals surface area contributed by atoms with Crippen LogP contribution in [0, 0.1) is 0 Å². The van der Waals surface area contributed by atoms with E-state index in [4.69, 9.17) is 32.8 Å². The Morgan fingerprint density at radius 1 is 0.824 bits per heavy atom. The van der Waals surface area contributed by atoms with Gasteiger partial charge in [0, 0.05) is 0 Å². The number of hydrogen-bond donors (Lipinski definition) is 5. The Balaban J connectivity index is 0.00000289.